The molecule has 0 amide bonds. The lowest BCUT2D eigenvalue weighted by Crippen LogP contribution is -2.31. The molecule has 0 bridgehead atoms. The number of aromatic hydroxyl groups is 2. The van der Waals surface area contributed by atoms with Gasteiger partial charge in [-0.15, -0.1) is 0 Å². The molecule has 0 saturated carbocycles. The third-order valence-corrected chi connectivity index (χ3v) is 5.50. The summed E-state index contributed by atoms with van der Waals surface area (Å²) in [6.45, 7) is 8.03. The molecule has 2 aliphatic rings. The number of phenols is 2. The fraction of sp³-hybridized carbons (Fsp3) is 0.320. The van der Waals surface area contributed by atoms with E-state index in [2.05, 4.69) is 0 Å². The van der Waals surface area contributed by atoms with Gasteiger partial charge in [-0.05, 0) is 64.0 Å². The molecule has 2 N–H and O–H groups in total. The van der Waals surface area contributed by atoms with Crippen LogP contribution in [-0.4, -0.2) is 28.2 Å². The molecule has 30 heavy (non-hydrogen) atoms. The van der Waals surface area contributed by atoms with Crippen molar-refractivity contribution in [2.45, 2.75) is 45.6 Å². The molecule has 2 aromatic rings. The first kappa shape index (κ1) is 20.1. The van der Waals surface area contributed by atoms with Gasteiger partial charge in [0.25, 0.3) is 0 Å². The summed E-state index contributed by atoms with van der Waals surface area (Å²) in [7, 11) is 0. The summed E-state index contributed by atoms with van der Waals surface area (Å²) in [6.07, 6.45) is 6.29. The van der Waals surface area contributed by atoms with Crippen molar-refractivity contribution in [2.75, 3.05) is 6.61 Å². The topological polar surface area (TPSA) is 76.0 Å². The van der Waals surface area contributed by atoms with Crippen molar-refractivity contribution < 1.29 is 24.5 Å². The van der Waals surface area contributed by atoms with Crippen LogP contribution in [0.5, 0.6) is 23.0 Å². The molecule has 0 radical (unpaired) electrons. The highest BCUT2D eigenvalue weighted by Gasteiger charge is 2.39. The van der Waals surface area contributed by atoms with Gasteiger partial charge in [-0.1, -0.05) is 23.8 Å². The zero-order chi connectivity index (χ0) is 21.6. The van der Waals surface area contributed by atoms with Crippen LogP contribution < -0.4 is 9.47 Å². The minimum Gasteiger partial charge on any atom is -0.508 e. The zero-order valence-electron chi connectivity index (χ0n) is 17.7. The number of rotatable bonds is 3. The fourth-order valence-corrected chi connectivity index (χ4v) is 3.86. The molecule has 156 valence electrons. The average molecular weight is 406 g/mol. The van der Waals surface area contributed by atoms with Crippen molar-refractivity contribution in [3.63, 3.8) is 0 Å². The second-order valence-corrected chi connectivity index (χ2v) is 8.62. The van der Waals surface area contributed by atoms with Crippen LogP contribution in [0.4, 0.5) is 0 Å². The summed E-state index contributed by atoms with van der Waals surface area (Å²) in [5.41, 5.74) is 2.79. The highest BCUT2D eigenvalue weighted by Crippen LogP contribution is 2.50. The molecule has 0 aliphatic carbocycles. The van der Waals surface area contributed by atoms with Crippen LogP contribution in [0.1, 0.15) is 60.7 Å². The van der Waals surface area contributed by atoms with E-state index in [4.69, 9.17) is 9.47 Å². The molecular formula is C25H26O5. The van der Waals surface area contributed by atoms with Crippen LogP contribution >= 0.6 is 0 Å². The number of ketones is 1. The van der Waals surface area contributed by atoms with Crippen LogP contribution in [0.3, 0.4) is 0 Å². The van der Waals surface area contributed by atoms with Crippen molar-refractivity contribution in [3.05, 3.63) is 64.2 Å². The molecule has 1 atom stereocenters. The lowest BCUT2D eigenvalue weighted by Gasteiger charge is -2.34. The third kappa shape index (κ3) is 3.45. The summed E-state index contributed by atoms with van der Waals surface area (Å²) in [4.78, 5) is 13.4. The first-order valence-electron chi connectivity index (χ1n) is 10.1. The Kier molecular flexibility index (Phi) is 4.85. The lowest BCUT2D eigenvalue weighted by molar-refractivity contribution is 0.0889. The van der Waals surface area contributed by atoms with Crippen molar-refractivity contribution >= 4 is 11.9 Å². The van der Waals surface area contributed by atoms with Gasteiger partial charge in [0.05, 0.1) is 11.5 Å². The molecule has 0 saturated heterocycles. The number of Topliss-reactive ketones (excluding diaryl/α,β-unsaturated/α-hetero) is 1. The van der Waals surface area contributed by atoms with E-state index in [9.17, 15) is 15.0 Å². The Bertz CT molecular complexity index is 1070. The van der Waals surface area contributed by atoms with Gasteiger partial charge in [-0.3, -0.25) is 4.79 Å². The molecule has 0 aromatic heterocycles. The molecule has 2 heterocycles. The molecule has 0 fully saturated rings. The summed E-state index contributed by atoms with van der Waals surface area (Å²) in [5.74, 6) is 0.236. The highest BCUT2D eigenvalue weighted by atomic mass is 16.5. The van der Waals surface area contributed by atoms with E-state index >= 15 is 0 Å². The summed E-state index contributed by atoms with van der Waals surface area (Å²) in [6, 6.07) is 6.50. The standard InChI is InChI=1S/C25H26O5/c1-14(2)5-10-17-21(27)20-22(28)19(15-6-8-16(26)9-7-15)13-29-24(20)18-11-12-25(3,4)30-23(17)18/h5-9,11-12,19,26-27H,10,13H2,1-4H3/t19-/m1/s1. The smallest absolute Gasteiger partial charge is 0.181 e. The fourth-order valence-electron chi connectivity index (χ4n) is 3.86. The van der Waals surface area contributed by atoms with E-state index < -0.39 is 11.5 Å². The zero-order valence-corrected chi connectivity index (χ0v) is 17.7. The lowest BCUT2D eigenvalue weighted by atomic mass is 9.84. The average Bonchev–Trinajstić information content (AvgIpc) is 2.67. The second kappa shape index (κ2) is 7.24. The molecule has 0 spiro atoms. The van der Waals surface area contributed by atoms with Crippen LogP contribution in [0.25, 0.3) is 6.08 Å². The van der Waals surface area contributed by atoms with Gasteiger partial charge in [-0.2, -0.15) is 0 Å². The molecular weight excluding hydrogens is 380 g/mol. The third-order valence-electron chi connectivity index (χ3n) is 5.50. The van der Waals surface area contributed by atoms with Crippen LogP contribution in [-0.2, 0) is 6.42 Å². The normalized spacial score (nSPS) is 18.7. The molecule has 0 unspecified atom stereocenters. The van der Waals surface area contributed by atoms with E-state index in [1.54, 1.807) is 24.3 Å². The molecule has 5 nitrogen and oxygen atoms in total. The van der Waals surface area contributed by atoms with Crippen LogP contribution in [0.2, 0.25) is 0 Å². The van der Waals surface area contributed by atoms with Gasteiger partial charge in [0, 0.05) is 5.56 Å². The molecule has 4 rings (SSSR count). The number of phenolic OH excluding ortho intramolecular Hbond substituents is 2. The van der Waals surface area contributed by atoms with Gasteiger partial charge in [0.15, 0.2) is 5.78 Å². The Balaban J connectivity index is 1.88. The van der Waals surface area contributed by atoms with Crippen molar-refractivity contribution in [1.29, 1.82) is 0 Å². The van der Waals surface area contributed by atoms with E-state index in [1.807, 2.05) is 45.9 Å². The number of fused-ring (bicyclic) bond motifs is 3. The number of allylic oxidation sites excluding steroid dienone is 2. The van der Waals surface area contributed by atoms with Crippen LogP contribution in [0, 0.1) is 0 Å². The van der Waals surface area contributed by atoms with E-state index in [1.165, 1.54) is 0 Å². The second-order valence-electron chi connectivity index (χ2n) is 8.62. The number of carbonyl (C=O) groups excluding carboxylic acids is 1. The number of hydrogen-bond acceptors (Lipinski definition) is 5. The van der Waals surface area contributed by atoms with Crippen molar-refractivity contribution in [1.82, 2.24) is 0 Å². The predicted molar refractivity (Wildman–Crippen MR) is 116 cm³/mol. The quantitative estimate of drug-likeness (QED) is 0.690. The largest absolute Gasteiger partial charge is 0.508 e. The van der Waals surface area contributed by atoms with Gasteiger partial charge < -0.3 is 19.7 Å². The SMILES string of the molecule is CC(C)=CCc1c(O)c2c(c3c1OC(C)(C)C=C3)OC[C@H](c1ccc(O)cc1)C2=O. The molecule has 5 heteroatoms. The Morgan fingerprint density at radius 2 is 1.87 bits per heavy atom. The van der Waals surface area contributed by atoms with E-state index in [-0.39, 0.29) is 29.5 Å². The predicted octanol–water partition coefficient (Wildman–Crippen LogP) is 5.15. The monoisotopic (exact) mass is 406 g/mol. The number of benzene rings is 2. The maximum atomic E-state index is 13.4. The minimum absolute atomic E-state index is 0.0826. The Hall–Kier alpha value is -3.21. The van der Waals surface area contributed by atoms with Gasteiger partial charge in [0.2, 0.25) is 0 Å². The van der Waals surface area contributed by atoms with Crippen LogP contribution in [0.15, 0.2) is 42.0 Å². The first-order valence-corrected chi connectivity index (χ1v) is 10.1. The van der Waals surface area contributed by atoms with E-state index in [0.29, 0.717) is 29.0 Å². The Morgan fingerprint density at radius 1 is 1.17 bits per heavy atom. The van der Waals surface area contributed by atoms with Gasteiger partial charge >= 0.3 is 0 Å². The molecule has 2 aromatic carbocycles. The van der Waals surface area contributed by atoms with Crippen molar-refractivity contribution in [2.24, 2.45) is 0 Å². The number of ether oxygens (including phenoxy) is 2. The number of hydrogen-bond donors (Lipinski definition) is 2. The Labute approximate surface area is 176 Å². The minimum atomic E-state index is -0.553. The molecule has 2 aliphatic heterocycles. The summed E-state index contributed by atoms with van der Waals surface area (Å²) < 4.78 is 12.2. The van der Waals surface area contributed by atoms with E-state index in [0.717, 1.165) is 11.1 Å². The van der Waals surface area contributed by atoms with Crippen molar-refractivity contribution in [3.8, 4) is 23.0 Å². The maximum absolute atomic E-state index is 13.4. The van der Waals surface area contributed by atoms with Gasteiger partial charge in [-0.25, -0.2) is 0 Å². The maximum Gasteiger partial charge on any atom is 0.181 e. The number of carbonyl (C=O) groups is 1. The highest BCUT2D eigenvalue weighted by molar-refractivity contribution is 6.08. The van der Waals surface area contributed by atoms with Gasteiger partial charge in [0.1, 0.15) is 40.8 Å². The Morgan fingerprint density at radius 3 is 2.53 bits per heavy atom. The first-order chi connectivity index (χ1) is 14.2. The summed E-state index contributed by atoms with van der Waals surface area (Å²) in [5, 5.41) is 20.7. The summed E-state index contributed by atoms with van der Waals surface area (Å²) >= 11 is 0.